The van der Waals surface area contributed by atoms with Crippen molar-refractivity contribution in [1.29, 1.82) is 0 Å². The van der Waals surface area contributed by atoms with Crippen molar-refractivity contribution >= 4 is 28.4 Å². The molecule has 0 atom stereocenters. The zero-order valence-electron chi connectivity index (χ0n) is 20.1. The van der Waals surface area contributed by atoms with Crippen LogP contribution in [0, 0.1) is 0 Å². The van der Waals surface area contributed by atoms with Crippen molar-refractivity contribution in [2.75, 3.05) is 26.5 Å². The molecule has 2 amide bonds. The smallest absolute Gasteiger partial charge is 0.257 e. The summed E-state index contributed by atoms with van der Waals surface area (Å²) in [7, 11) is 4.90. The number of rotatable bonds is 8. The maximum absolute atomic E-state index is 12.6. The molecule has 35 heavy (non-hydrogen) atoms. The maximum atomic E-state index is 12.6. The number of hydrogen-bond donors (Lipinski definition) is 1. The minimum absolute atomic E-state index is 0.124. The molecule has 0 aliphatic heterocycles. The summed E-state index contributed by atoms with van der Waals surface area (Å²) in [5.41, 5.74) is 2.59. The van der Waals surface area contributed by atoms with Gasteiger partial charge < -0.3 is 19.7 Å². The number of aromatic nitrogens is 3. The first-order chi connectivity index (χ1) is 16.9. The zero-order valence-corrected chi connectivity index (χ0v) is 20.1. The number of hydrogen-bond acceptors (Lipinski definition) is 6. The minimum Gasteiger partial charge on any atom is -0.496 e. The number of amides is 2. The first-order valence-electron chi connectivity index (χ1n) is 11.2. The summed E-state index contributed by atoms with van der Waals surface area (Å²) < 4.78 is 13.3. The Kier molecular flexibility index (Phi) is 6.96. The lowest BCUT2D eigenvalue weighted by molar-refractivity contribution is -0.115. The third-order valence-corrected chi connectivity index (χ3v) is 5.42. The molecule has 0 saturated carbocycles. The Morgan fingerprint density at radius 1 is 1.09 bits per heavy atom. The van der Waals surface area contributed by atoms with Gasteiger partial charge in [-0.3, -0.25) is 19.3 Å². The fourth-order valence-corrected chi connectivity index (χ4v) is 3.61. The van der Waals surface area contributed by atoms with E-state index in [1.54, 1.807) is 67.7 Å². The highest BCUT2D eigenvalue weighted by Gasteiger charge is 2.18. The SMILES string of the molecule is CCn1cc(NC(=O)Cc2ccc(Oc3ccnc4cc(OC)c(C(=O)N(C)C)cc34)cc2)cn1. The van der Waals surface area contributed by atoms with Crippen molar-refractivity contribution in [3.63, 3.8) is 0 Å². The summed E-state index contributed by atoms with van der Waals surface area (Å²) in [5.74, 6) is 1.31. The molecule has 1 N–H and O–H groups in total. The molecule has 0 unspecified atom stereocenters. The lowest BCUT2D eigenvalue weighted by Gasteiger charge is -2.15. The lowest BCUT2D eigenvalue weighted by Crippen LogP contribution is -2.22. The highest BCUT2D eigenvalue weighted by Crippen LogP contribution is 2.33. The van der Waals surface area contributed by atoms with Gasteiger partial charge in [-0.25, -0.2) is 0 Å². The van der Waals surface area contributed by atoms with Crippen molar-refractivity contribution in [1.82, 2.24) is 19.7 Å². The Bertz CT molecular complexity index is 1360. The molecule has 0 fully saturated rings. The summed E-state index contributed by atoms with van der Waals surface area (Å²) in [6.07, 6.45) is 5.29. The summed E-state index contributed by atoms with van der Waals surface area (Å²) in [4.78, 5) is 30.9. The van der Waals surface area contributed by atoms with Crippen LogP contribution in [0.3, 0.4) is 0 Å². The fourth-order valence-electron chi connectivity index (χ4n) is 3.61. The van der Waals surface area contributed by atoms with E-state index in [1.165, 1.54) is 12.0 Å². The molecule has 0 spiro atoms. The van der Waals surface area contributed by atoms with Crippen LogP contribution in [0.2, 0.25) is 0 Å². The number of nitrogens with one attached hydrogen (secondary N) is 1. The molecule has 4 aromatic rings. The van der Waals surface area contributed by atoms with Crippen molar-refractivity contribution in [2.45, 2.75) is 19.9 Å². The topological polar surface area (TPSA) is 98.6 Å². The maximum Gasteiger partial charge on any atom is 0.257 e. The molecular weight excluding hydrogens is 446 g/mol. The molecule has 0 radical (unpaired) electrons. The standard InChI is InChI=1S/C26H27N5O4/c1-5-31-16-18(15-28-31)29-25(32)12-17-6-8-19(9-7-17)35-23-10-11-27-22-14-24(34-4)21(13-20(22)23)26(33)30(2)3/h6-11,13-16H,5,12H2,1-4H3,(H,29,32). The number of benzene rings is 2. The van der Waals surface area contributed by atoms with Gasteiger partial charge in [0.05, 0.1) is 36.5 Å². The zero-order chi connectivity index (χ0) is 24.9. The van der Waals surface area contributed by atoms with Gasteiger partial charge in [0.25, 0.3) is 5.91 Å². The molecule has 2 aromatic carbocycles. The second-order valence-electron chi connectivity index (χ2n) is 8.13. The van der Waals surface area contributed by atoms with Crippen molar-refractivity contribution in [2.24, 2.45) is 0 Å². The second-order valence-corrected chi connectivity index (χ2v) is 8.13. The van der Waals surface area contributed by atoms with Crippen molar-refractivity contribution in [3.8, 4) is 17.2 Å². The summed E-state index contributed by atoms with van der Waals surface area (Å²) in [5, 5.41) is 7.69. The number of anilines is 1. The van der Waals surface area contributed by atoms with E-state index in [4.69, 9.17) is 9.47 Å². The Morgan fingerprint density at radius 3 is 2.51 bits per heavy atom. The van der Waals surface area contributed by atoms with Gasteiger partial charge in [-0.05, 0) is 36.8 Å². The number of aryl methyl sites for hydroxylation is 1. The van der Waals surface area contributed by atoms with Gasteiger partial charge in [0.1, 0.15) is 17.2 Å². The van der Waals surface area contributed by atoms with Crippen LogP contribution in [0.15, 0.2) is 61.1 Å². The summed E-state index contributed by atoms with van der Waals surface area (Å²) in [6, 6.07) is 12.5. The van der Waals surface area contributed by atoms with Crippen LogP contribution in [0.25, 0.3) is 10.9 Å². The average molecular weight is 474 g/mol. The quantitative estimate of drug-likeness (QED) is 0.413. The van der Waals surface area contributed by atoms with Crippen molar-refractivity contribution < 1.29 is 19.1 Å². The normalized spacial score (nSPS) is 10.7. The van der Waals surface area contributed by atoms with E-state index >= 15 is 0 Å². The molecule has 0 bridgehead atoms. The van der Waals surface area contributed by atoms with E-state index in [9.17, 15) is 9.59 Å². The lowest BCUT2D eigenvalue weighted by atomic mass is 10.1. The largest absolute Gasteiger partial charge is 0.496 e. The van der Waals surface area contributed by atoms with E-state index in [0.717, 1.165) is 12.1 Å². The Labute approximate surface area is 203 Å². The molecule has 9 nitrogen and oxygen atoms in total. The highest BCUT2D eigenvalue weighted by molar-refractivity contribution is 6.02. The molecule has 9 heteroatoms. The summed E-state index contributed by atoms with van der Waals surface area (Å²) >= 11 is 0. The number of pyridine rings is 1. The summed E-state index contributed by atoms with van der Waals surface area (Å²) in [6.45, 7) is 2.72. The monoisotopic (exact) mass is 473 g/mol. The molecule has 4 rings (SSSR count). The van der Waals surface area contributed by atoms with Crippen LogP contribution in [0.4, 0.5) is 5.69 Å². The van der Waals surface area contributed by atoms with Gasteiger partial charge in [-0.1, -0.05) is 12.1 Å². The van der Waals surface area contributed by atoms with E-state index in [1.807, 2.05) is 19.1 Å². The Balaban J connectivity index is 1.51. The number of fused-ring (bicyclic) bond motifs is 1. The number of carbonyl (C=O) groups excluding carboxylic acids is 2. The number of ether oxygens (including phenoxy) is 2. The van der Waals surface area contributed by atoms with Crippen LogP contribution in [-0.4, -0.2) is 52.7 Å². The number of nitrogens with zero attached hydrogens (tertiary/aromatic N) is 4. The number of carbonyl (C=O) groups is 2. The van der Waals surface area contributed by atoms with Crippen LogP contribution in [0.1, 0.15) is 22.8 Å². The van der Waals surface area contributed by atoms with Gasteiger partial charge in [-0.15, -0.1) is 0 Å². The third kappa shape index (κ3) is 5.40. The van der Waals surface area contributed by atoms with Crippen LogP contribution in [-0.2, 0) is 17.8 Å². The van der Waals surface area contributed by atoms with Crippen LogP contribution >= 0.6 is 0 Å². The molecule has 2 heterocycles. The van der Waals surface area contributed by atoms with Crippen molar-refractivity contribution in [3.05, 3.63) is 72.2 Å². The van der Waals surface area contributed by atoms with Gasteiger partial charge >= 0.3 is 0 Å². The van der Waals surface area contributed by atoms with Gasteiger partial charge in [-0.2, -0.15) is 5.10 Å². The molecule has 0 saturated heterocycles. The van der Waals surface area contributed by atoms with Gasteiger partial charge in [0.2, 0.25) is 5.91 Å². The molecular formula is C26H27N5O4. The van der Waals surface area contributed by atoms with E-state index in [0.29, 0.717) is 39.4 Å². The average Bonchev–Trinajstić information content (AvgIpc) is 3.31. The van der Waals surface area contributed by atoms with E-state index < -0.39 is 0 Å². The first-order valence-corrected chi connectivity index (χ1v) is 11.2. The number of methoxy groups -OCH3 is 1. The van der Waals surface area contributed by atoms with E-state index in [-0.39, 0.29) is 18.2 Å². The molecule has 0 aliphatic carbocycles. The van der Waals surface area contributed by atoms with E-state index in [2.05, 4.69) is 15.4 Å². The first kappa shape index (κ1) is 23.7. The minimum atomic E-state index is -0.178. The second kappa shape index (κ2) is 10.3. The van der Waals surface area contributed by atoms with Gasteiger partial charge in [0.15, 0.2) is 0 Å². The highest BCUT2D eigenvalue weighted by atomic mass is 16.5. The third-order valence-electron chi connectivity index (χ3n) is 5.42. The predicted molar refractivity (Wildman–Crippen MR) is 133 cm³/mol. The Hall–Kier alpha value is -4.40. The molecule has 2 aromatic heterocycles. The van der Waals surface area contributed by atoms with Gasteiger partial charge in [0, 0.05) is 44.5 Å². The Morgan fingerprint density at radius 2 is 1.86 bits per heavy atom. The molecule has 0 aliphatic rings. The van der Waals surface area contributed by atoms with Crippen LogP contribution < -0.4 is 14.8 Å². The molecule has 180 valence electrons. The predicted octanol–water partition coefficient (Wildman–Crippen LogP) is 4.14. The van der Waals surface area contributed by atoms with Crippen LogP contribution in [0.5, 0.6) is 17.2 Å². The fraction of sp³-hybridized carbons (Fsp3) is 0.231.